The van der Waals surface area contributed by atoms with E-state index in [1.54, 1.807) is 91.0 Å². The van der Waals surface area contributed by atoms with Crippen molar-refractivity contribution >= 4 is 32.7 Å². The first-order valence-electron chi connectivity index (χ1n) is 17.3. The average molecular weight is 908 g/mol. The van der Waals surface area contributed by atoms with Crippen LogP contribution in [-0.4, -0.2) is 113 Å². The van der Waals surface area contributed by atoms with E-state index in [0.717, 1.165) is 14.0 Å². The summed E-state index contributed by atoms with van der Waals surface area (Å²) >= 11 is 0. The Kier molecular flexibility index (Phi) is 24.0. The summed E-state index contributed by atoms with van der Waals surface area (Å²) in [4.78, 5) is 16.7. The number of ether oxygens (including phenoxy) is 7. The van der Waals surface area contributed by atoms with Crippen LogP contribution in [0.1, 0.15) is 23.6 Å². The summed E-state index contributed by atoms with van der Waals surface area (Å²) in [6, 6.07) is 23.8. The van der Waals surface area contributed by atoms with Gasteiger partial charge in [-0.25, -0.2) is 12.6 Å². The molecule has 0 spiro atoms. The fourth-order valence-electron chi connectivity index (χ4n) is 6.26. The molecule has 2 fully saturated rings. The fourth-order valence-corrected chi connectivity index (χ4v) is 7.24. The van der Waals surface area contributed by atoms with Crippen molar-refractivity contribution in [3.05, 3.63) is 108 Å². The normalized spacial score (nSPS) is 27.1. The molecule has 0 aromatic heterocycles. The van der Waals surface area contributed by atoms with Crippen molar-refractivity contribution in [2.75, 3.05) is 13.7 Å². The summed E-state index contributed by atoms with van der Waals surface area (Å²) < 4.78 is 122. The number of rotatable bonds is 19. The monoisotopic (exact) mass is 907 g/mol. The number of carboxylic acid groups (broad SMARTS) is 1. The first kappa shape index (κ1) is 55.2. The van der Waals surface area contributed by atoms with Crippen LogP contribution in [0.2, 0.25) is 0 Å². The van der Waals surface area contributed by atoms with Gasteiger partial charge in [0.25, 0.3) is 0 Å². The van der Waals surface area contributed by atoms with Gasteiger partial charge in [-0.05, 0) is 29.5 Å². The van der Waals surface area contributed by atoms with Gasteiger partial charge in [-0.15, -0.1) is 0 Å². The Bertz CT molecular complexity index is 1990. The minimum Gasteiger partial charge on any atom is -0.862 e. The van der Waals surface area contributed by atoms with E-state index in [-0.39, 0.29) is 108 Å². The van der Waals surface area contributed by atoms with Crippen LogP contribution in [0.3, 0.4) is 0 Å². The van der Waals surface area contributed by atoms with E-state index in [1.165, 1.54) is 0 Å². The third kappa shape index (κ3) is 16.9. The Morgan fingerprint density at radius 2 is 1.20 bits per heavy atom. The number of carboxylic acids is 1. The van der Waals surface area contributed by atoms with Crippen LogP contribution in [0.15, 0.2) is 96.0 Å². The molecule has 0 bridgehead atoms. The summed E-state index contributed by atoms with van der Waals surface area (Å²) in [5.41, 5.74) is 1.78. The van der Waals surface area contributed by atoms with Gasteiger partial charge in [-0.3, -0.25) is 13.7 Å². The number of benzene rings is 3. The van der Waals surface area contributed by atoms with Crippen molar-refractivity contribution in [1.82, 2.24) is 0 Å². The molecule has 2 aliphatic rings. The molecule has 0 aliphatic carbocycles. The third-order valence-corrected chi connectivity index (χ3v) is 9.55. The largest absolute Gasteiger partial charge is 1.00 e. The number of carbonyl (C=O) groups excluding carboxylic acids is 1. The van der Waals surface area contributed by atoms with E-state index in [9.17, 15) is 40.9 Å². The van der Waals surface area contributed by atoms with Crippen LogP contribution < -0.4 is 98.9 Å². The second kappa shape index (κ2) is 26.1. The first-order valence-corrected chi connectivity index (χ1v) is 20.0. The molecular formula is C36H40NNa3O18S2. The fraction of sp³-hybridized carbons (Fsp3) is 0.444. The van der Waals surface area contributed by atoms with Gasteiger partial charge in [-0.1, -0.05) is 91.0 Å². The van der Waals surface area contributed by atoms with Crippen LogP contribution in [0.4, 0.5) is 0 Å². The number of carbonyl (C=O) groups is 1. The van der Waals surface area contributed by atoms with E-state index in [4.69, 9.17) is 41.5 Å². The molecule has 5 rings (SSSR count). The quantitative estimate of drug-likeness (QED) is 0.0385. The maximum atomic E-state index is 12.7. The van der Waals surface area contributed by atoms with Crippen molar-refractivity contribution in [1.29, 1.82) is 0 Å². The summed E-state index contributed by atoms with van der Waals surface area (Å²) in [6.45, 7) is -0.0536. The van der Waals surface area contributed by atoms with Crippen LogP contribution in [0.5, 0.6) is 0 Å². The summed E-state index contributed by atoms with van der Waals surface area (Å²) in [6.07, 6.45) is -16.7. The van der Waals surface area contributed by atoms with Gasteiger partial charge in [-0.2, -0.15) is 8.42 Å². The number of aliphatic carboxylic acids is 1. The van der Waals surface area contributed by atoms with Crippen LogP contribution in [-0.2, 0) is 86.9 Å². The van der Waals surface area contributed by atoms with E-state index < -0.39 is 101 Å². The van der Waals surface area contributed by atoms with Crippen molar-refractivity contribution in [3.8, 4) is 0 Å². The molecule has 19 nitrogen and oxygen atoms in total. The van der Waals surface area contributed by atoms with Gasteiger partial charge < -0.3 is 52.7 Å². The van der Waals surface area contributed by atoms with Gasteiger partial charge in [0.2, 0.25) is 10.4 Å². The summed E-state index contributed by atoms with van der Waals surface area (Å²) in [7, 11) is -9.78. The Balaban J connectivity index is 0.00000413. The number of methoxy groups -OCH3 is 1. The molecule has 0 unspecified atom stereocenters. The average Bonchev–Trinajstić information content (AvgIpc) is 3.15. The molecule has 3 aromatic carbocycles. The van der Waals surface area contributed by atoms with Gasteiger partial charge in [0, 0.05) is 7.11 Å². The van der Waals surface area contributed by atoms with Crippen molar-refractivity contribution in [3.63, 3.8) is 0 Å². The summed E-state index contributed by atoms with van der Waals surface area (Å²) in [5, 5.41) is 25.4. The zero-order valence-electron chi connectivity index (χ0n) is 33.4. The molecule has 0 saturated carbocycles. The molecular weight excluding hydrogens is 867 g/mol. The molecule has 2 aliphatic heterocycles. The maximum Gasteiger partial charge on any atom is 1.00 e. The Hall–Kier alpha value is -0.940. The molecule has 24 heteroatoms. The molecule has 10 atom stereocenters. The molecule has 2 saturated heterocycles. The van der Waals surface area contributed by atoms with Crippen LogP contribution in [0.25, 0.3) is 0 Å². The number of aliphatic imine (C=N–C) groups is 1. The van der Waals surface area contributed by atoms with E-state index in [1.807, 2.05) is 0 Å². The SMILES string of the molecule is CO[C@@H]1O[C@@H](C(=O)[O-])[C@@H](O[C@@H]2O[C@H](COCc3ccccc3)[C@H](OS(=O)(=O)[O-])[C@H](OCc3ccccc3)[C@H]2N=C(C)[O-])[C@H](OCc2ccccc2)[C@H]1OS(=O)(=O)O.[Na+].[Na+].[Na+]. The van der Waals surface area contributed by atoms with Gasteiger partial charge in [0.15, 0.2) is 18.7 Å². The number of hydrogen-bond donors (Lipinski definition) is 1. The third-order valence-electron chi connectivity index (χ3n) is 8.62. The molecule has 0 radical (unpaired) electrons. The van der Waals surface area contributed by atoms with E-state index in [0.29, 0.717) is 16.7 Å². The van der Waals surface area contributed by atoms with Crippen LogP contribution >= 0.6 is 0 Å². The minimum atomic E-state index is -5.51. The second-order valence-electron chi connectivity index (χ2n) is 12.7. The molecule has 0 amide bonds. The maximum absolute atomic E-state index is 12.7. The molecule has 1 N–H and O–H groups in total. The van der Waals surface area contributed by atoms with Crippen LogP contribution in [0, 0.1) is 0 Å². The summed E-state index contributed by atoms with van der Waals surface area (Å²) in [5.74, 6) is -2.77. The van der Waals surface area contributed by atoms with Gasteiger partial charge in [0.05, 0.1) is 32.4 Å². The minimum absolute atomic E-state index is 0. The van der Waals surface area contributed by atoms with Crippen molar-refractivity contribution in [2.24, 2.45) is 4.99 Å². The zero-order chi connectivity index (χ0) is 41.2. The van der Waals surface area contributed by atoms with Crippen molar-refractivity contribution < 1.29 is 171 Å². The Labute approximate surface area is 414 Å². The second-order valence-corrected chi connectivity index (χ2v) is 14.8. The molecule has 60 heavy (non-hydrogen) atoms. The molecule has 312 valence electrons. The molecule has 3 aromatic rings. The smallest absolute Gasteiger partial charge is 0.862 e. The standard InChI is InChI=1S/C36H43NO18S2.3Na/c1-22(38)37-27-29(49-19-24-14-8-4-9-15-24)28(54-56(41,42)43)26(21-48-18-23-12-6-3-7-13-23)51-35(27)52-31-30(50-20-25-16-10-5-11-17-25)33(55-57(44,45)46)36(47-2)53-32(31)34(39)40;;;/h3-17,26-33,35-36H,18-21H2,1-2H3,(H,37,38)(H,39,40)(H,41,42,43)(H,44,45,46);;;/q;3*+1/p-3/t26-,27-,28+,29-,30+,31+,32-,33-,35+,36-;;;/m1.../s1. The predicted molar refractivity (Wildman–Crippen MR) is 188 cm³/mol. The Morgan fingerprint density at radius 1 is 0.700 bits per heavy atom. The van der Waals surface area contributed by atoms with E-state index >= 15 is 0 Å². The Morgan fingerprint density at radius 3 is 1.65 bits per heavy atom. The van der Waals surface area contributed by atoms with E-state index in [2.05, 4.69) is 4.99 Å². The van der Waals surface area contributed by atoms with Gasteiger partial charge >= 0.3 is 99.1 Å². The predicted octanol–water partition coefficient (Wildman–Crippen LogP) is -9.20. The van der Waals surface area contributed by atoms with Gasteiger partial charge in [0.1, 0.15) is 42.7 Å². The zero-order valence-corrected chi connectivity index (χ0v) is 41.0. The number of nitrogens with zero attached hydrogens (tertiary/aromatic N) is 1. The topological polar surface area (TPSA) is 270 Å². The number of hydrogen-bond acceptors (Lipinski definition) is 18. The molecule has 2 heterocycles. The first-order chi connectivity index (χ1) is 27.1. The van der Waals surface area contributed by atoms with Crippen molar-refractivity contribution in [2.45, 2.75) is 88.1 Å².